The van der Waals surface area contributed by atoms with Crippen molar-refractivity contribution in [2.45, 2.75) is 37.7 Å². The lowest BCUT2D eigenvalue weighted by molar-refractivity contribution is -0.111. The third-order valence-corrected chi connectivity index (χ3v) is 5.78. The molecule has 0 atom stereocenters. The van der Waals surface area contributed by atoms with Crippen molar-refractivity contribution in [3.8, 4) is 11.5 Å². The van der Waals surface area contributed by atoms with E-state index in [1.807, 2.05) is 12.1 Å². The van der Waals surface area contributed by atoms with E-state index in [-0.39, 0.29) is 11.5 Å². The number of nitrogens with one attached hydrogen (secondary N) is 1. The molecule has 0 radical (unpaired) electrons. The molecule has 1 N–H and O–H groups in total. The van der Waals surface area contributed by atoms with Crippen LogP contribution < -0.4 is 14.8 Å². The molecule has 0 bridgehead atoms. The average Bonchev–Trinajstić information content (AvgIpc) is 3.38. The van der Waals surface area contributed by atoms with Gasteiger partial charge in [0.2, 0.25) is 5.91 Å². The third-order valence-electron chi connectivity index (χ3n) is 5.78. The van der Waals surface area contributed by atoms with Crippen LogP contribution in [0.2, 0.25) is 0 Å². The largest absolute Gasteiger partial charge is 0.493 e. The molecule has 156 valence electrons. The van der Waals surface area contributed by atoms with Crippen LogP contribution in [0.3, 0.4) is 0 Å². The van der Waals surface area contributed by atoms with Gasteiger partial charge in [-0.1, -0.05) is 12.1 Å². The average molecular weight is 407 g/mol. The number of hydrogen-bond donors (Lipinski definition) is 1. The zero-order valence-electron chi connectivity index (χ0n) is 17.2. The molecule has 1 fully saturated rings. The number of methoxy groups -OCH3 is 2. The molecule has 0 unspecified atom stereocenters. The van der Waals surface area contributed by atoms with E-state index in [1.165, 1.54) is 26.0 Å². The number of amides is 1. The molecule has 2 aromatic rings. The monoisotopic (exact) mass is 407 g/mol. The summed E-state index contributed by atoms with van der Waals surface area (Å²) in [6.45, 7) is 0. The van der Waals surface area contributed by atoms with Gasteiger partial charge < -0.3 is 19.5 Å². The summed E-state index contributed by atoms with van der Waals surface area (Å²) in [5.41, 5.74) is 2.82. The topological polar surface area (TPSA) is 73.9 Å². The predicted molar refractivity (Wildman–Crippen MR) is 114 cm³/mol. The Morgan fingerprint density at radius 2 is 1.93 bits per heavy atom. The van der Waals surface area contributed by atoms with Crippen LogP contribution in [-0.4, -0.2) is 31.7 Å². The second-order valence-corrected chi connectivity index (χ2v) is 7.73. The molecular weight excluding hydrogens is 382 g/mol. The molecule has 30 heavy (non-hydrogen) atoms. The van der Waals surface area contributed by atoms with Crippen LogP contribution in [0.4, 0.5) is 5.69 Å². The highest BCUT2D eigenvalue weighted by molar-refractivity contribution is 6.02. The lowest BCUT2D eigenvalue weighted by Gasteiger charge is -2.22. The van der Waals surface area contributed by atoms with Gasteiger partial charge in [0.05, 0.1) is 19.8 Å². The number of rotatable bonds is 5. The van der Waals surface area contributed by atoms with Crippen LogP contribution in [0.5, 0.6) is 11.5 Å². The maximum Gasteiger partial charge on any atom is 0.337 e. The quantitative estimate of drug-likeness (QED) is 0.588. The predicted octanol–water partition coefficient (Wildman–Crippen LogP) is 4.38. The smallest absolute Gasteiger partial charge is 0.337 e. The van der Waals surface area contributed by atoms with E-state index in [0.717, 1.165) is 41.9 Å². The molecule has 1 spiro atoms. The van der Waals surface area contributed by atoms with Gasteiger partial charge in [-0.25, -0.2) is 4.79 Å². The van der Waals surface area contributed by atoms with Crippen LogP contribution in [0.15, 0.2) is 42.5 Å². The van der Waals surface area contributed by atoms with E-state index >= 15 is 0 Å². The first kappa shape index (κ1) is 20.0. The Morgan fingerprint density at radius 1 is 1.13 bits per heavy atom. The molecule has 4 rings (SSSR count). The summed E-state index contributed by atoms with van der Waals surface area (Å²) in [6.07, 6.45) is 8.57. The Hall–Kier alpha value is -3.28. The van der Waals surface area contributed by atoms with Gasteiger partial charge in [0.1, 0.15) is 5.60 Å². The number of hydrogen-bond acceptors (Lipinski definition) is 5. The van der Waals surface area contributed by atoms with Gasteiger partial charge in [-0.3, -0.25) is 4.79 Å². The Bertz CT molecular complexity index is 1000. The van der Waals surface area contributed by atoms with Crippen LogP contribution in [0.25, 0.3) is 6.08 Å². The Labute approximate surface area is 175 Å². The molecule has 1 amide bonds. The van der Waals surface area contributed by atoms with Crippen molar-refractivity contribution >= 4 is 23.6 Å². The van der Waals surface area contributed by atoms with Crippen molar-refractivity contribution in [3.05, 3.63) is 59.2 Å². The third kappa shape index (κ3) is 3.90. The van der Waals surface area contributed by atoms with Crippen molar-refractivity contribution in [1.29, 1.82) is 0 Å². The maximum absolute atomic E-state index is 12.4. The number of esters is 1. The SMILES string of the molecule is COC(=O)c1cccc(NC(=O)C=Cc2ccc(OC)c3c2CC2(CCCC2)O3)c1. The van der Waals surface area contributed by atoms with Gasteiger partial charge in [0.15, 0.2) is 11.5 Å². The van der Waals surface area contributed by atoms with Crippen molar-refractivity contribution in [2.24, 2.45) is 0 Å². The van der Waals surface area contributed by atoms with E-state index in [4.69, 9.17) is 14.2 Å². The number of anilines is 1. The zero-order valence-corrected chi connectivity index (χ0v) is 17.2. The van der Waals surface area contributed by atoms with E-state index in [0.29, 0.717) is 11.3 Å². The summed E-state index contributed by atoms with van der Waals surface area (Å²) in [4.78, 5) is 24.1. The molecular formula is C24H25NO5. The summed E-state index contributed by atoms with van der Waals surface area (Å²) in [5.74, 6) is 0.801. The zero-order chi connectivity index (χ0) is 21.1. The molecule has 0 saturated heterocycles. The van der Waals surface area contributed by atoms with Crippen molar-refractivity contribution in [3.63, 3.8) is 0 Å². The summed E-state index contributed by atoms with van der Waals surface area (Å²) >= 11 is 0. The Kier molecular flexibility index (Phi) is 5.48. The molecule has 1 aliphatic heterocycles. The molecule has 1 saturated carbocycles. The van der Waals surface area contributed by atoms with E-state index in [2.05, 4.69) is 5.32 Å². The maximum atomic E-state index is 12.4. The summed E-state index contributed by atoms with van der Waals surface area (Å²) in [5, 5.41) is 2.78. The van der Waals surface area contributed by atoms with E-state index in [1.54, 1.807) is 37.5 Å². The fourth-order valence-electron chi connectivity index (χ4n) is 4.30. The van der Waals surface area contributed by atoms with Crippen LogP contribution in [0, 0.1) is 0 Å². The molecule has 2 aliphatic rings. The van der Waals surface area contributed by atoms with Gasteiger partial charge in [-0.2, -0.15) is 0 Å². The van der Waals surface area contributed by atoms with Crippen LogP contribution in [-0.2, 0) is 16.0 Å². The number of fused-ring (bicyclic) bond motifs is 1. The molecule has 2 aromatic carbocycles. The van der Waals surface area contributed by atoms with Crippen molar-refractivity contribution < 1.29 is 23.8 Å². The first-order valence-electron chi connectivity index (χ1n) is 10.1. The first-order chi connectivity index (χ1) is 14.5. The molecule has 1 heterocycles. The fraction of sp³-hybridized carbons (Fsp3) is 0.333. The van der Waals surface area contributed by atoms with E-state index in [9.17, 15) is 9.59 Å². The highest BCUT2D eigenvalue weighted by Crippen LogP contribution is 2.49. The van der Waals surface area contributed by atoms with E-state index < -0.39 is 5.97 Å². The Balaban J connectivity index is 1.52. The molecule has 6 heteroatoms. The van der Waals surface area contributed by atoms with Crippen molar-refractivity contribution in [1.82, 2.24) is 0 Å². The van der Waals surface area contributed by atoms with Gasteiger partial charge in [0.25, 0.3) is 0 Å². The number of carbonyl (C=O) groups excluding carboxylic acids is 2. The normalized spacial score (nSPS) is 16.3. The molecule has 1 aliphatic carbocycles. The number of carbonyl (C=O) groups is 2. The van der Waals surface area contributed by atoms with Crippen LogP contribution in [0.1, 0.15) is 47.2 Å². The second-order valence-electron chi connectivity index (χ2n) is 7.73. The second kappa shape index (κ2) is 8.22. The summed E-state index contributed by atoms with van der Waals surface area (Å²) in [7, 11) is 2.97. The molecule has 6 nitrogen and oxygen atoms in total. The van der Waals surface area contributed by atoms with Gasteiger partial charge in [-0.05, 0) is 61.6 Å². The fourth-order valence-corrected chi connectivity index (χ4v) is 4.30. The van der Waals surface area contributed by atoms with Gasteiger partial charge >= 0.3 is 5.97 Å². The van der Waals surface area contributed by atoms with Gasteiger partial charge in [-0.15, -0.1) is 0 Å². The lowest BCUT2D eigenvalue weighted by Crippen LogP contribution is -2.30. The number of benzene rings is 2. The Morgan fingerprint density at radius 3 is 2.67 bits per heavy atom. The highest BCUT2D eigenvalue weighted by Gasteiger charge is 2.43. The van der Waals surface area contributed by atoms with Crippen LogP contribution >= 0.6 is 0 Å². The standard InChI is InChI=1S/C24H25NO5/c1-28-20-10-8-16(19-15-24(30-22(19)20)12-3-4-13-24)9-11-21(26)25-18-7-5-6-17(14-18)23(27)29-2/h5-11,14H,3-4,12-13,15H2,1-2H3,(H,25,26). The lowest BCUT2D eigenvalue weighted by atomic mass is 9.92. The minimum Gasteiger partial charge on any atom is -0.493 e. The minimum absolute atomic E-state index is 0.129. The van der Waals surface area contributed by atoms with Crippen molar-refractivity contribution in [2.75, 3.05) is 19.5 Å². The summed E-state index contributed by atoms with van der Waals surface area (Å²) < 4.78 is 16.6. The number of ether oxygens (including phenoxy) is 3. The summed E-state index contributed by atoms with van der Waals surface area (Å²) in [6, 6.07) is 10.5. The first-order valence-corrected chi connectivity index (χ1v) is 10.1. The highest BCUT2D eigenvalue weighted by atomic mass is 16.5. The van der Waals surface area contributed by atoms with Gasteiger partial charge in [0, 0.05) is 23.7 Å². The minimum atomic E-state index is -0.448. The molecule has 0 aromatic heterocycles.